The van der Waals surface area contributed by atoms with Gasteiger partial charge in [-0.3, -0.25) is 4.79 Å². The number of para-hydroxylation sites is 1. The number of anilines is 1. The normalized spacial score (nSPS) is 11.7. The number of rotatable bonds is 4. The second-order valence-electron chi connectivity index (χ2n) is 5.34. The van der Waals surface area contributed by atoms with Crippen LogP contribution >= 0.6 is 0 Å². The summed E-state index contributed by atoms with van der Waals surface area (Å²) in [5.41, 5.74) is 2.15. The Morgan fingerprint density at radius 3 is 2.52 bits per heavy atom. The molecule has 23 heavy (non-hydrogen) atoms. The number of aryl methyl sites for hydroxylation is 2. The Hall–Kier alpha value is -2.69. The van der Waals surface area contributed by atoms with Crippen molar-refractivity contribution in [1.82, 2.24) is 0 Å². The third-order valence-electron chi connectivity index (χ3n) is 3.40. The van der Waals surface area contributed by atoms with Crippen LogP contribution in [0.2, 0.25) is 0 Å². The van der Waals surface area contributed by atoms with E-state index in [4.69, 9.17) is 4.74 Å². The highest BCUT2D eigenvalue weighted by Crippen LogP contribution is 2.15. The maximum atomic E-state index is 13.5. The number of ether oxygens (including phenoxy) is 1. The smallest absolute Gasteiger partial charge is 0.339 e. The SMILES string of the molecule is Cc1ccc(C)c(C(=O)OC(C)C(=O)Nc2ccccc2F)c1. The molecule has 0 bridgehead atoms. The largest absolute Gasteiger partial charge is 0.449 e. The Morgan fingerprint density at radius 1 is 1.13 bits per heavy atom. The van der Waals surface area contributed by atoms with E-state index >= 15 is 0 Å². The van der Waals surface area contributed by atoms with Crippen LogP contribution in [-0.4, -0.2) is 18.0 Å². The molecule has 0 spiro atoms. The Bertz CT molecular complexity index is 743. The highest BCUT2D eigenvalue weighted by atomic mass is 19.1. The second-order valence-corrected chi connectivity index (χ2v) is 5.34. The van der Waals surface area contributed by atoms with Crippen LogP contribution in [0, 0.1) is 19.7 Å². The lowest BCUT2D eigenvalue weighted by atomic mass is 10.1. The summed E-state index contributed by atoms with van der Waals surface area (Å²) < 4.78 is 18.7. The first-order chi connectivity index (χ1) is 10.9. The summed E-state index contributed by atoms with van der Waals surface area (Å²) >= 11 is 0. The van der Waals surface area contributed by atoms with Crippen molar-refractivity contribution in [3.63, 3.8) is 0 Å². The molecule has 120 valence electrons. The third kappa shape index (κ3) is 4.16. The van der Waals surface area contributed by atoms with Crippen molar-refractivity contribution in [1.29, 1.82) is 0 Å². The second kappa shape index (κ2) is 7.05. The van der Waals surface area contributed by atoms with E-state index in [1.807, 2.05) is 19.1 Å². The van der Waals surface area contributed by atoms with Gasteiger partial charge < -0.3 is 10.1 Å². The quantitative estimate of drug-likeness (QED) is 0.877. The monoisotopic (exact) mass is 315 g/mol. The summed E-state index contributed by atoms with van der Waals surface area (Å²) in [5.74, 6) is -1.72. The molecule has 0 radical (unpaired) electrons. The Kier molecular flexibility index (Phi) is 5.11. The van der Waals surface area contributed by atoms with Crippen molar-refractivity contribution in [3.8, 4) is 0 Å². The summed E-state index contributed by atoms with van der Waals surface area (Å²) in [5, 5.41) is 2.40. The van der Waals surface area contributed by atoms with Crippen molar-refractivity contribution in [2.75, 3.05) is 5.32 Å². The fourth-order valence-electron chi connectivity index (χ4n) is 2.03. The van der Waals surface area contributed by atoms with Gasteiger partial charge in [-0.25, -0.2) is 9.18 Å². The van der Waals surface area contributed by atoms with Gasteiger partial charge in [-0.1, -0.05) is 29.8 Å². The highest BCUT2D eigenvalue weighted by Gasteiger charge is 2.21. The van der Waals surface area contributed by atoms with Gasteiger partial charge in [0.15, 0.2) is 6.10 Å². The number of esters is 1. The summed E-state index contributed by atoms with van der Waals surface area (Å²) in [7, 11) is 0. The molecule has 0 aromatic heterocycles. The van der Waals surface area contributed by atoms with Crippen LogP contribution in [0.3, 0.4) is 0 Å². The zero-order chi connectivity index (χ0) is 17.0. The summed E-state index contributed by atoms with van der Waals surface area (Å²) in [6, 6.07) is 11.2. The molecule has 0 aliphatic heterocycles. The van der Waals surface area contributed by atoms with Crippen LogP contribution < -0.4 is 5.32 Å². The van der Waals surface area contributed by atoms with Gasteiger partial charge in [0.1, 0.15) is 5.82 Å². The predicted octanol–water partition coefficient (Wildman–Crippen LogP) is 3.63. The van der Waals surface area contributed by atoms with E-state index < -0.39 is 23.8 Å². The van der Waals surface area contributed by atoms with Gasteiger partial charge in [-0.05, 0) is 44.5 Å². The molecule has 1 atom stereocenters. The van der Waals surface area contributed by atoms with Gasteiger partial charge in [-0.2, -0.15) is 0 Å². The van der Waals surface area contributed by atoms with Gasteiger partial charge in [0, 0.05) is 0 Å². The molecule has 2 aromatic rings. The number of carbonyl (C=O) groups excluding carboxylic acids is 2. The first kappa shape index (κ1) is 16.7. The van der Waals surface area contributed by atoms with E-state index in [1.165, 1.54) is 25.1 Å². The Morgan fingerprint density at radius 2 is 1.83 bits per heavy atom. The van der Waals surface area contributed by atoms with E-state index in [2.05, 4.69) is 5.32 Å². The zero-order valence-corrected chi connectivity index (χ0v) is 13.2. The maximum Gasteiger partial charge on any atom is 0.339 e. The van der Waals surface area contributed by atoms with Crippen LogP contribution in [0.15, 0.2) is 42.5 Å². The molecule has 4 nitrogen and oxygen atoms in total. The Labute approximate surface area is 134 Å². The predicted molar refractivity (Wildman–Crippen MR) is 85.8 cm³/mol. The van der Waals surface area contributed by atoms with Crippen molar-refractivity contribution < 1.29 is 18.7 Å². The molecule has 0 aliphatic carbocycles. The molecule has 1 N–H and O–H groups in total. The molecular formula is C18H18FNO3. The molecule has 0 heterocycles. The average molecular weight is 315 g/mol. The van der Waals surface area contributed by atoms with E-state index in [1.54, 1.807) is 19.1 Å². The van der Waals surface area contributed by atoms with Gasteiger partial charge in [0.25, 0.3) is 5.91 Å². The topological polar surface area (TPSA) is 55.4 Å². The van der Waals surface area contributed by atoms with Crippen LogP contribution in [0.1, 0.15) is 28.4 Å². The summed E-state index contributed by atoms with van der Waals surface area (Å²) in [6.45, 7) is 5.10. The fourth-order valence-corrected chi connectivity index (χ4v) is 2.03. The van der Waals surface area contributed by atoms with E-state index in [0.29, 0.717) is 5.56 Å². The number of halogens is 1. The molecule has 0 saturated carbocycles. The molecule has 0 saturated heterocycles. The van der Waals surface area contributed by atoms with Crippen LogP contribution in [0.25, 0.3) is 0 Å². The van der Waals surface area contributed by atoms with E-state index in [0.717, 1.165) is 11.1 Å². The van der Waals surface area contributed by atoms with Crippen LogP contribution in [0.5, 0.6) is 0 Å². The number of benzene rings is 2. The molecule has 0 aliphatic rings. The van der Waals surface area contributed by atoms with Crippen molar-refractivity contribution in [2.24, 2.45) is 0 Å². The van der Waals surface area contributed by atoms with Crippen molar-refractivity contribution in [2.45, 2.75) is 26.9 Å². The van der Waals surface area contributed by atoms with E-state index in [-0.39, 0.29) is 5.69 Å². The fraction of sp³-hybridized carbons (Fsp3) is 0.222. The molecule has 5 heteroatoms. The summed E-state index contributed by atoms with van der Waals surface area (Å²) in [6.07, 6.45) is -1.04. The summed E-state index contributed by atoms with van der Waals surface area (Å²) in [4.78, 5) is 24.2. The standard InChI is InChI=1S/C18H18FNO3/c1-11-8-9-12(2)14(10-11)18(22)23-13(3)17(21)20-16-7-5-4-6-15(16)19/h4-10,13H,1-3H3,(H,20,21). The van der Waals surface area contributed by atoms with Crippen molar-refractivity contribution >= 4 is 17.6 Å². The molecule has 0 fully saturated rings. The molecular weight excluding hydrogens is 297 g/mol. The van der Waals surface area contributed by atoms with Crippen LogP contribution in [0.4, 0.5) is 10.1 Å². The lowest BCUT2D eigenvalue weighted by molar-refractivity contribution is -0.123. The average Bonchev–Trinajstić information content (AvgIpc) is 2.51. The zero-order valence-electron chi connectivity index (χ0n) is 13.2. The van der Waals surface area contributed by atoms with Gasteiger partial charge >= 0.3 is 5.97 Å². The Balaban J connectivity index is 2.05. The number of nitrogens with one attached hydrogen (secondary N) is 1. The lowest BCUT2D eigenvalue weighted by Gasteiger charge is -2.15. The third-order valence-corrected chi connectivity index (χ3v) is 3.40. The number of hydrogen-bond donors (Lipinski definition) is 1. The number of hydrogen-bond acceptors (Lipinski definition) is 3. The molecule has 1 unspecified atom stereocenters. The minimum absolute atomic E-state index is 0.0483. The maximum absolute atomic E-state index is 13.5. The molecule has 2 aromatic carbocycles. The number of carbonyl (C=O) groups is 2. The highest BCUT2D eigenvalue weighted by molar-refractivity contribution is 5.97. The first-order valence-electron chi connectivity index (χ1n) is 7.22. The van der Waals surface area contributed by atoms with Crippen LogP contribution in [-0.2, 0) is 9.53 Å². The molecule has 1 amide bonds. The lowest BCUT2D eigenvalue weighted by Crippen LogP contribution is -2.30. The first-order valence-corrected chi connectivity index (χ1v) is 7.22. The van der Waals surface area contributed by atoms with Gasteiger partial charge in [-0.15, -0.1) is 0 Å². The van der Waals surface area contributed by atoms with Gasteiger partial charge in [0.2, 0.25) is 0 Å². The number of amides is 1. The molecule has 2 rings (SSSR count). The van der Waals surface area contributed by atoms with Crippen molar-refractivity contribution in [3.05, 3.63) is 65.0 Å². The minimum Gasteiger partial charge on any atom is -0.449 e. The minimum atomic E-state index is -1.04. The van der Waals surface area contributed by atoms with E-state index in [9.17, 15) is 14.0 Å². The van der Waals surface area contributed by atoms with Gasteiger partial charge in [0.05, 0.1) is 11.3 Å².